The number of imidazole rings is 1. The number of amides is 1. The molecule has 1 aromatic carbocycles. The Morgan fingerprint density at radius 1 is 1.16 bits per heavy atom. The molecule has 0 aliphatic carbocycles. The monoisotopic (exact) mass is 348 g/mol. The normalized spacial score (nSPS) is 21.5. The molecule has 2 aromatic rings. The minimum Gasteiger partial charge on any atom is -0.340 e. The van der Waals surface area contributed by atoms with Gasteiger partial charge in [-0.1, -0.05) is 6.42 Å². The van der Waals surface area contributed by atoms with Crippen LogP contribution in [0.1, 0.15) is 25.7 Å². The van der Waals surface area contributed by atoms with E-state index in [0.717, 1.165) is 38.3 Å². The second kappa shape index (κ2) is 6.71. The number of carbonyl (C=O) groups is 1. The largest absolute Gasteiger partial charge is 0.340 e. The molecule has 2 saturated heterocycles. The molecule has 4 rings (SSSR count). The summed E-state index contributed by atoms with van der Waals surface area (Å²) in [5, 5.41) is 0. The molecule has 134 valence electrons. The Hall–Kier alpha value is -2.02. The first-order chi connectivity index (χ1) is 12.1. The highest BCUT2D eigenvalue weighted by molar-refractivity contribution is 5.78. The second-order valence-corrected chi connectivity index (χ2v) is 6.97. The molecule has 0 radical (unpaired) electrons. The van der Waals surface area contributed by atoms with Gasteiger partial charge >= 0.3 is 0 Å². The molecule has 1 aromatic heterocycles. The van der Waals surface area contributed by atoms with Crippen LogP contribution in [-0.2, 0) is 11.3 Å². The molecule has 2 aliphatic heterocycles. The number of nitrogens with zero attached hydrogens (tertiary/aromatic N) is 4. The molecule has 5 nitrogen and oxygen atoms in total. The van der Waals surface area contributed by atoms with Gasteiger partial charge in [-0.25, -0.2) is 13.8 Å². The van der Waals surface area contributed by atoms with Crippen LogP contribution in [0.5, 0.6) is 0 Å². The third kappa shape index (κ3) is 3.25. The van der Waals surface area contributed by atoms with Crippen LogP contribution in [-0.4, -0.2) is 57.5 Å². The molecule has 3 heterocycles. The zero-order valence-corrected chi connectivity index (χ0v) is 14.1. The van der Waals surface area contributed by atoms with Gasteiger partial charge in [0, 0.05) is 50.8 Å². The number of piperidine rings is 1. The Morgan fingerprint density at radius 3 is 2.88 bits per heavy atom. The van der Waals surface area contributed by atoms with Crippen molar-refractivity contribution in [3.8, 4) is 0 Å². The van der Waals surface area contributed by atoms with E-state index < -0.39 is 11.6 Å². The van der Waals surface area contributed by atoms with Crippen LogP contribution in [0.3, 0.4) is 0 Å². The van der Waals surface area contributed by atoms with Crippen LogP contribution in [0.25, 0.3) is 11.0 Å². The molecule has 7 heteroatoms. The Balaban J connectivity index is 1.40. The topological polar surface area (TPSA) is 41.4 Å². The van der Waals surface area contributed by atoms with Crippen LogP contribution in [0.2, 0.25) is 0 Å². The van der Waals surface area contributed by atoms with Gasteiger partial charge < -0.3 is 9.47 Å². The number of benzene rings is 1. The number of aromatic nitrogens is 2. The SMILES string of the molecule is O=C(CCn1cnc2cc(F)c(F)cc21)N1CCN2CCCC[C@@H]2C1. The predicted molar refractivity (Wildman–Crippen MR) is 90.1 cm³/mol. The molecule has 0 bridgehead atoms. The van der Waals surface area contributed by atoms with Gasteiger partial charge in [0.05, 0.1) is 17.4 Å². The summed E-state index contributed by atoms with van der Waals surface area (Å²) in [6.07, 6.45) is 5.55. The van der Waals surface area contributed by atoms with Gasteiger partial charge in [-0.05, 0) is 19.4 Å². The molecule has 0 spiro atoms. The standard InChI is InChI=1S/C18H22F2N4O/c19-14-9-16-17(10-15(14)20)24(12-21-16)6-4-18(25)23-8-7-22-5-2-1-3-13(22)11-23/h9-10,12-13H,1-8,11H2/t13-/m1/s1. The van der Waals surface area contributed by atoms with Crippen molar-refractivity contribution < 1.29 is 13.6 Å². The fourth-order valence-electron chi connectivity index (χ4n) is 3.99. The smallest absolute Gasteiger partial charge is 0.224 e. The summed E-state index contributed by atoms with van der Waals surface area (Å²) in [5.74, 6) is -1.68. The van der Waals surface area contributed by atoms with Crippen molar-refractivity contribution in [3.05, 3.63) is 30.1 Å². The van der Waals surface area contributed by atoms with Gasteiger partial charge in [-0.2, -0.15) is 0 Å². The fourth-order valence-corrected chi connectivity index (χ4v) is 3.99. The Morgan fingerprint density at radius 2 is 2.00 bits per heavy atom. The number of hydrogen-bond acceptors (Lipinski definition) is 3. The number of carbonyl (C=O) groups excluding carboxylic acids is 1. The van der Waals surface area contributed by atoms with E-state index in [1.807, 2.05) is 4.90 Å². The van der Waals surface area contributed by atoms with Gasteiger partial charge in [0.25, 0.3) is 0 Å². The molecule has 25 heavy (non-hydrogen) atoms. The summed E-state index contributed by atoms with van der Waals surface area (Å²) in [7, 11) is 0. The first-order valence-corrected chi connectivity index (χ1v) is 8.93. The lowest BCUT2D eigenvalue weighted by atomic mass is 9.99. The Bertz CT molecular complexity index is 791. The first-order valence-electron chi connectivity index (χ1n) is 8.93. The van der Waals surface area contributed by atoms with Gasteiger partial charge in [0.15, 0.2) is 11.6 Å². The highest BCUT2D eigenvalue weighted by Crippen LogP contribution is 2.22. The highest BCUT2D eigenvalue weighted by Gasteiger charge is 2.30. The third-order valence-electron chi connectivity index (χ3n) is 5.42. The molecule has 1 amide bonds. The zero-order chi connectivity index (χ0) is 17.4. The van der Waals surface area contributed by atoms with E-state index in [9.17, 15) is 13.6 Å². The maximum atomic E-state index is 13.5. The first kappa shape index (κ1) is 16.4. The lowest BCUT2D eigenvalue weighted by Crippen LogP contribution is -2.56. The second-order valence-electron chi connectivity index (χ2n) is 6.97. The van der Waals surface area contributed by atoms with Crippen molar-refractivity contribution in [3.63, 3.8) is 0 Å². The van der Waals surface area contributed by atoms with Crippen molar-refractivity contribution in [2.45, 2.75) is 38.3 Å². The van der Waals surface area contributed by atoms with Crippen molar-refractivity contribution in [2.75, 3.05) is 26.2 Å². The van der Waals surface area contributed by atoms with E-state index >= 15 is 0 Å². The van der Waals surface area contributed by atoms with E-state index in [-0.39, 0.29) is 5.91 Å². The summed E-state index contributed by atoms with van der Waals surface area (Å²) in [6, 6.07) is 2.73. The van der Waals surface area contributed by atoms with E-state index in [0.29, 0.717) is 30.0 Å². The average molecular weight is 348 g/mol. The van der Waals surface area contributed by atoms with Gasteiger partial charge in [-0.15, -0.1) is 0 Å². The Kier molecular flexibility index (Phi) is 4.41. The summed E-state index contributed by atoms with van der Waals surface area (Å²) in [4.78, 5) is 21.1. The van der Waals surface area contributed by atoms with Crippen molar-refractivity contribution in [1.29, 1.82) is 0 Å². The minimum atomic E-state index is -0.904. The van der Waals surface area contributed by atoms with E-state index in [1.165, 1.54) is 25.6 Å². The summed E-state index contributed by atoms with van der Waals surface area (Å²) < 4.78 is 28.4. The van der Waals surface area contributed by atoms with Crippen LogP contribution >= 0.6 is 0 Å². The number of rotatable bonds is 3. The van der Waals surface area contributed by atoms with Gasteiger partial charge in [0.2, 0.25) is 5.91 Å². The number of aryl methyl sites for hydroxylation is 1. The maximum Gasteiger partial charge on any atom is 0.224 e. The van der Waals surface area contributed by atoms with Crippen molar-refractivity contribution in [1.82, 2.24) is 19.4 Å². The van der Waals surface area contributed by atoms with E-state index in [1.54, 1.807) is 4.57 Å². The van der Waals surface area contributed by atoms with Crippen molar-refractivity contribution >= 4 is 16.9 Å². The maximum absolute atomic E-state index is 13.5. The summed E-state index contributed by atoms with van der Waals surface area (Å²) >= 11 is 0. The molecular formula is C18H22F2N4O. The zero-order valence-electron chi connectivity index (χ0n) is 14.1. The molecular weight excluding hydrogens is 326 g/mol. The number of halogens is 2. The van der Waals surface area contributed by atoms with E-state index in [2.05, 4.69) is 9.88 Å². The number of hydrogen-bond donors (Lipinski definition) is 0. The van der Waals surface area contributed by atoms with E-state index in [4.69, 9.17) is 0 Å². The van der Waals surface area contributed by atoms with Crippen LogP contribution < -0.4 is 0 Å². The summed E-state index contributed by atoms with van der Waals surface area (Å²) in [6.45, 7) is 4.11. The molecule has 0 N–H and O–H groups in total. The third-order valence-corrected chi connectivity index (χ3v) is 5.42. The quantitative estimate of drug-likeness (QED) is 0.855. The van der Waals surface area contributed by atoms with Crippen LogP contribution in [0.4, 0.5) is 8.78 Å². The minimum absolute atomic E-state index is 0.120. The molecule has 1 atom stereocenters. The molecule has 0 saturated carbocycles. The lowest BCUT2D eigenvalue weighted by Gasteiger charge is -2.44. The number of piperazine rings is 1. The van der Waals surface area contributed by atoms with Crippen LogP contribution in [0, 0.1) is 11.6 Å². The van der Waals surface area contributed by atoms with Gasteiger partial charge in [-0.3, -0.25) is 9.69 Å². The number of fused-ring (bicyclic) bond motifs is 2. The Labute approximate surface area is 145 Å². The molecule has 2 aliphatic rings. The molecule has 2 fully saturated rings. The fraction of sp³-hybridized carbons (Fsp3) is 0.556. The molecule has 0 unspecified atom stereocenters. The highest BCUT2D eigenvalue weighted by atomic mass is 19.2. The van der Waals surface area contributed by atoms with Gasteiger partial charge in [0.1, 0.15) is 0 Å². The average Bonchev–Trinajstić information content (AvgIpc) is 3.01. The lowest BCUT2D eigenvalue weighted by molar-refractivity contribution is -0.135. The van der Waals surface area contributed by atoms with Crippen molar-refractivity contribution in [2.24, 2.45) is 0 Å². The predicted octanol–water partition coefficient (Wildman–Crippen LogP) is 2.40. The van der Waals surface area contributed by atoms with Crippen LogP contribution in [0.15, 0.2) is 18.5 Å². The summed E-state index contributed by atoms with van der Waals surface area (Å²) in [5.41, 5.74) is 0.922.